The minimum absolute atomic E-state index is 0.00836. The molecular weight excluding hydrogens is 407 g/mol. The van der Waals surface area contributed by atoms with E-state index in [0.29, 0.717) is 22.1 Å². The zero-order valence-corrected chi connectivity index (χ0v) is 15.8. The van der Waals surface area contributed by atoms with Gasteiger partial charge in [-0.1, -0.05) is 29.3 Å². The Hall–Kier alpha value is -2.74. The summed E-state index contributed by atoms with van der Waals surface area (Å²) in [5.41, 5.74) is 1.22. The molecule has 3 aromatic rings. The molecule has 0 saturated carbocycles. The van der Waals surface area contributed by atoms with Gasteiger partial charge in [0.05, 0.1) is 15.7 Å². The van der Waals surface area contributed by atoms with Gasteiger partial charge in [0.15, 0.2) is 10.6 Å². The maximum Gasteiger partial charge on any atom is 0.262 e. The van der Waals surface area contributed by atoms with Crippen molar-refractivity contribution < 1.29 is 5.11 Å². The van der Waals surface area contributed by atoms with Crippen LogP contribution in [0.4, 0.5) is 5.82 Å². The SMILES string of the molecule is O=c1[nH]c(=S)n(-c2cccc(Cl)c2Cl)c(O)c1/C=C1/C=Nc2ncccc21. The molecule has 0 fully saturated rings. The Morgan fingerprint density at radius 1 is 1.22 bits per heavy atom. The average molecular weight is 417 g/mol. The summed E-state index contributed by atoms with van der Waals surface area (Å²) in [6, 6.07) is 8.51. The molecule has 0 spiro atoms. The molecule has 3 heterocycles. The molecule has 0 bridgehead atoms. The van der Waals surface area contributed by atoms with Crippen molar-refractivity contribution >= 4 is 59.1 Å². The third kappa shape index (κ3) is 2.99. The number of hydrogen-bond acceptors (Lipinski definition) is 5. The number of nitrogens with one attached hydrogen (secondary N) is 1. The zero-order valence-electron chi connectivity index (χ0n) is 13.5. The van der Waals surface area contributed by atoms with Crippen LogP contribution in [-0.4, -0.2) is 25.9 Å². The Balaban J connectivity index is 1.96. The van der Waals surface area contributed by atoms with E-state index < -0.39 is 5.56 Å². The second kappa shape index (κ2) is 6.77. The summed E-state index contributed by atoms with van der Waals surface area (Å²) in [5, 5.41) is 11.3. The number of aliphatic imine (C=N–C) groups is 1. The third-order valence-corrected chi connectivity index (χ3v) is 5.11. The van der Waals surface area contributed by atoms with Gasteiger partial charge < -0.3 is 5.11 Å². The molecule has 4 rings (SSSR count). The van der Waals surface area contributed by atoms with Gasteiger partial charge in [-0.05, 0) is 42.6 Å². The van der Waals surface area contributed by atoms with Crippen LogP contribution in [0.25, 0.3) is 17.3 Å². The van der Waals surface area contributed by atoms with Gasteiger partial charge in [-0.3, -0.25) is 14.3 Å². The summed E-state index contributed by atoms with van der Waals surface area (Å²) in [7, 11) is 0. The first kappa shape index (κ1) is 17.7. The van der Waals surface area contributed by atoms with Gasteiger partial charge >= 0.3 is 0 Å². The molecule has 27 heavy (non-hydrogen) atoms. The van der Waals surface area contributed by atoms with Gasteiger partial charge in [-0.25, -0.2) is 9.98 Å². The van der Waals surface area contributed by atoms with E-state index in [4.69, 9.17) is 35.4 Å². The van der Waals surface area contributed by atoms with Crippen molar-refractivity contribution in [1.82, 2.24) is 14.5 Å². The summed E-state index contributed by atoms with van der Waals surface area (Å²) in [4.78, 5) is 23.3. The Labute approximate surface area is 168 Å². The molecule has 1 aliphatic rings. The van der Waals surface area contributed by atoms with E-state index >= 15 is 0 Å². The van der Waals surface area contributed by atoms with Gasteiger partial charge in [0, 0.05) is 23.5 Å². The highest BCUT2D eigenvalue weighted by Crippen LogP contribution is 2.34. The smallest absolute Gasteiger partial charge is 0.262 e. The number of allylic oxidation sites excluding steroid dienone is 1. The quantitative estimate of drug-likeness (QED) is 0.599. The third-order valence-electron chi connectivity index (χ3n) is 4.02. The number of aromatic hydroxyl groups is 1. The standard InChI is InChI=1S/C18H10Cl2N4O2S/c19-12-4-1-5-13(14(12)20)24-17(26)11(16(25)23-18(24)27)7-9-8-22-15-10(9)3-2-6-21-15/h1-8,26H,(H,23,25,27)/b9-7-. The molecule has 0 radical (unpaired) electrons. The first-order valence-electron chi connectivity index (χ1n) is 7.71. The van der Waals surface area contributed by atoms with Crippen molar-refractivity contribution in [2.24, 2.45) is 4.99 Å². The van der Waals surface area contributed by atoms with Crippen molar-refractivity contribution in [3.8, 4) is 11.6 Å². The summed E-state index contributed by atoms with van der Waals surface area (Å²) in [6.07, 6.45) is 4.73. The first-order chi connectivity index (χ1) is 13.0. The Morgan fingerprint density at radius 3 is 2.85 bits per heavy atom. The normalized spacial score (nSPS) is 13.9. The van der Waals surface area contributed by atoms with Crippen LogP contribution in [0.3, 0.4) is 0 Å². The van der Waals surface area contributed by atoms with Gasteiger partial charge in [-0.2, -0.15) is 0 Å². The predicted molar refractivity (Wildman–Crippen MR) is 109 cm³/mol. The van der Waals surface area contributed by atoms with Crippen LogP contribution >= 0.6 is 35.4 Å². The van der Waals surface area contributed by atoms with Crippen molar-refractivity contribution in [1.29, 1.82) is 0 Å². The molecule has 0 unspecified atom stereocenters. The number of fused-ring (bicyclic) bond motifs is 1. The molecule has 0 atom stereocenters. The average Bonchev–Trinajstić information content (AvgIpc) is 3.05. The number of aromatic nitrogens is 3. The minimum Gasteiger partial charge on any atom is -0.494 e. The number of nitrogens with zero attached hydrogens (tertiary/aromatic N) is 3. The molecule has 1 aromatic carbocycles. The van der Waals surface area contributed by atoms with Crippen molar-refractivity contribution in [3.05, 3.63) is 72.8 Å². The Kier molecular flexibility index (Phi) is 4.43. The largest absolute Gasteiger partial charge is 0.494 e. The van der Waals surface area contributed by atoms with E-state index in [1.807, 2.05) is 6.07 Å². The van der Waals surface area contributed by atoms with Crippen molar-refractivity contribution in [2.45, 2.75) is 0 Å². The predicted octanol–water partition coefficient (Wildman–Crippen LogP) is 4.56. The van der Waals surface area contributed by atoms with Gasteiger partial charge in [0.1, 0.15) is 5.56 Å². The van der Waals surface area contributed by atoms with Gasteiger partial charge in [0.25, 0.3) is 5.56 Å². The minimum atomic E-state index is -0.537. The van der Waals surface area contributed by atoms with Crippen molar-refractivity contribution in [3.63, 3.8) is 0 Å². The number of benzene rings is 1. The topological polar surface area (TPSA) is 83.3 Å². The molecular formula is C18H10Cl2N4O2S. The molecule has 2 N–H and O–H groups in total. The fourth-order valence-corrected chi connectivity index (χ4v) is 3.41. The highest BCUT2D eigenvalue weighted by molar-refractivity contribution is 7.71. The number of H-pyrrole nitrogens is 1. The lowest BCUT2D eigenvalue weighted by Gasteiger charge is -2.13. The first-order valence-corrected chi connectivity index (χ1v) is 8.87. The monoisotopic (exact) mass is 416 g/mol. The van der Waals surface area contributed by atoms with Crippen LogP contribution in [0.1, 0.15) is 11.1 Å². The van der Waals surface area contributed by atoms with E-state index in [1.54, 1.807) is 36.7 Å². The second-order valence-corrected chi connectivity index (χ2v) is 6.81. The lowest BCUT2D eigenvalue weighted by molar-refractivity contribution is 0.432. The molecule has 6 nitrogen and oxygen atoms in total. The molecule has 2 aromatic heterocycles. The molecule has 0 saturated heterocycles. The van der Waals surface area contributed by atoms with Crippen LogP contribution in [0.15, 0.2) is 46.3 Å². The molecule has 1 aliphatic heterocycles. The Morgan fingerprint density at radius 2 is 2.04 bits per heavy atom. The highest BCUT2D eigenvalue weighted by atomic mass is 35.5. The Bertz CT molecular complexity index is 1260. The molecule has 0 amide bonds. The number of aromatic amines is 1. The fraction of sp³-hybridized carbons (Fsp3) is 0. The van der Waals surface area contributed by atoms with Crippen LogP contribution < -0.4 is 5.56 Å². The lowest BCUT2D eigenvalue weighted by atomic mass is 10.1. The number of hydrogen-bond donors (Lipinski definition) is 2. The fourth-order valence-electron chi connectivity index (χ4n) is 2.75. The maximum atomic E-state index is 12.4. The highest BCUT2D eigenvalue weighted by Gasteiger charge is 2.18. The second-order valence-electron chi connectivity index (χ2n) is 5.64. The van der Waals surface area contributed by atoms with Crippen LogP contribution in [0.5, 0.6) is 5.88 Å². The van der Waals surface area contributed by atoms with Crippen LogP contribution in [0, 0.1) is 4.77 Å². The molecule has 134 valence electrons. The number of pyridine rings is 1. The van der Waals surface area contributed by atoms with E-state index in [0.717, 1.165) is 5.56 Å². The molecule has 9 heteroatoms. The summed E-state index contributed by atoms with van der Waals surface area (Å²) in [6.45, 7) is 0. The van der Waals surface area contributed by atoms with E-state index in [9.17, 15) is 9.90 Å². The van der Waals surface area contributed by atoms with E-state index in [1.165, 1.54) is 10.6 Å². The van der Waals surface area contributed by atoms with Gasteiger partial charge in [-0.15, -0.1) is 0 Å². The van der Waals surface area contributed by atoms with Crippen molar-refractivity contribution in [2.75, 3.05) is 0 Å². The number of rotatable bonds is 2. The van der Waals surface area contributed by atoms with E-state index in [-0.39, 0.29) is 21.2 Å². The molecule has 0 aliphatic carbocycles. The van der Waals surface area contributed by atoms with Crippen LogP contribution in [0.2, 0.25) is 10.0 Å². The van der Waals surface area contributed by atoms with Crippen LogP contribution in [-0.2, 0) is 0 Å². The van der Waals surface area contributed by atoms with Gasteiger partial charge in [0.2, 0.25) is 5.88 Å². The summed E-state index contributed by atoms with van der Waals surface area (Å²) >= 11 is 17.5. The lowest BCUT2D eigenvalue weighted by Crippen LogP contribution is -2.16. The summed E-state index contributed by atoms with van der Waals surface area (Å²) in [5.74, 6) is 0.191. The maximum absolute atomic E-state index is 12.4. The summed E-state index contributed by atoms with van der Waals surface area (Å²) < 4.78 is 1.25. The van der Waals surface area contributed by atoms with E-state index in [2.05, 4.69) is 15.0 Å². The zero-order chi connectivity index (χ0) is 19.1. The number of halogens is 2.